The van der Waals surface area contributed by atoms with Crippen molar-refractivity contribution >= 4 is 10.8 Å². The predicted molar refractivity (Wildman–Crippen MR) is 115 cm³/mol. The molecule has 2 heteroatoms. The summed E-state index contributed by atoms with van der Waals surface area (Å²) in [7, 11) is 0. The fourth-order valence-corrected chi connectivity index (χ4v) is 3.64. The highest BCUT2D eigenvalue weighted by Gasteiger charge is 2.02. The molecule has 0 aliphatic carbocycles. The van der Waals surface area contributed by atoms with E-state index in [9.17, 15) is 10.2 Å². The zero-order chi connectivity index (χ0) is 19.3. The third-order valence-electron chi connectivity index (χ3n) is 5.20. The molecule has 4 aromatic carbocycles. The summed E-state index contributed by atoms with van der Waals surface area (Å²) in [6, 6.07) is 28.7. The van der Waals surface area contributed by atoms with Gasteiger partial charge in [0, 0.05) is 6.07 Å². The lowest BCUT2D eigenvalue weighted by atomic mass is 9.99. The number of hydrogen-bond acceptors (Lipinski definition) is 2. The fraction of sp³-hybridized carbons (Fsp3) is 0.154. The molecule has 4 aromatic rings. The lowest BCUT2D eigenvalue weighted by molar-refractivity contribution is 0.449. The van der Waals surface area contributed by atoms with Gasteiger partial charge in [-0.05, 0) is 70.8 Å². The molecule has 0 saturated carbocycles. The first-order valence-electron chi connectivity index (χ1n) is 9.73. The molecule has 0 atom stereocenters. The third-order valence-corrected chi connectivity index (χ3v) is 5.20. The Hall–Kier alpha value is -3.26. The van der Waals surface area contributed by atoms with Gasteiger partial charge in [-0.3, -0.25) is 0 Å². The van der Waals surface area contributed by atoms with Crippen LogP contribution in [0.1, 0.15) is 22.3 Å². The fourth-order valence-electron chi connectivity index (χ4n) is 3.64. The first-order chi connectivity index (χ1) is 13.7. The van der Waals surface area contributed by atoms with Crippen molar-refractivity contribution in [3.8, 4) is 11.5 Å². The highest BCUT2D eigenvalue weighted by atomic mass is 16.3. The standard InChI is InChI=1S/C26H24O2/c27-25-16-22(17-26(28)18-25)12-10-20-7-5-19(6-8-20)9-11-21-13-14-23-3-1-2-4-24(23)15-21/h1-8,13-18,27-28H,9-12H2. The first kappa shape index (κ1) is 18.1. The second kappa shape index (κ2) is 8.18. The minimum Gasteiger partial charge on any atom is -0.508 e. The van der Waals surface area contributed by atoms with Crippen LogP contribution in [-0.4, -0.2) is 10.2 Å². The number of phenolic OH excluding ortho intramolecular Hbond substituents is 2. The van der Waals surface area contributed by atoms with Gasteiger partial charge in [-0.2, -0.15) is 0 Å². The Morgan fingerprint density at radius 3 is 1.57 bits per heavy atom. The lowest BCUT2D eigenvalue weighted by Gasteiger charge is -2.07. The number of fused-ring (bicyclic) bond motifs is 1. The molecule has 0 amide bonds. The molecular weight excluding hydrogens is 344 g/mol. The number of hydrogen-bond donors (Lipinski definition) is 2. The van der Waals surface area contributed by atoms with E-state index in [2.05, 4.69) is 66.7 Å². The molecule has 4 rings (SSSR count). The topological polar surface area (TPSA) is 40.5 Å². The van der Waals surface area contributed by atoms with E-state index in [4.69, 9.17) is 0 Å². The van der Waals surface area contributed by atoms with Crippen LogP contribution in [0.3, 0.4) is 0 Å². The predicted octanol–water partition coefficient (Wildman–Crippen LogP) is 5.82. The number of benzene rings is 4. The number of aromatic hydroxyl groups is 2. The van der Waals surface area contributed by atoms with Crippen molar-refractivity contribution in [2.24, 2.45) is 0 Å². The molecule has 0 radical (unpaired) electrons. The van der Waals surface area contributed by atoms with Crippen LogP contribution in [0.15, 0.2) is 84.9 Å². The Kier molecular flexibility index (Phi) is 5.29. The van der Waals surface area contributed by atoms with Crippen molar-refractivity contribution in [2.45, 2.75) is 25.7 Å². The first-order valence-corrected chi connectivity index (χ1v) is 9.73. The summed E-state index contributed by atoms with van der Waals surface area (Å²) in [5.41, 5.74) is 4.91. The maximum absolute atomic E-state index is 9.58. The average molecular weight is 368 g/mol. The molecule has 140 valence electrons. The van der Waals surface area contributed by atoms with Crippen LogP contribution < -0.4 is 0 Å². The molecule has 0 aliphatic heterocycles. The summed E-state index contributed by atoms with van der Waals surface area (Å²) < 4.78 is 0. The lowest BCUT2D eigenvalue weighted by Crippen LogP contribution is -1.94. The Balaban J connectivity index is 1.34. The van der Waals surface area contributed by atoms with Crippen molar-refractivity contribution in [2.75, 3.05) is 0 Å². The van der Waals surface area contributed by atoms with E-state index in [-0.39, 0.29) is 11.5 Å². The Morgan fingerprint density at radius 1 is 0.429 bits per heavy atom. The van der Waals surface area contributed by atoms with Gasteiger partial charge in [0.05, 0.1) is 0 Å². The van der Waals surface area contributed by atoms with E-state index in [1.54, 1.807) is 12.1 Å². The third kappa shape index (κ3) is 4.52. The molecule has 0 spiro atoms. The molecule has 0 unspecified atom stereocenters. The normalized spacial score (nSPS) is 11.0. The van der Waals surface area contributed by atoms with Crippen LogP contribution >= 0.6 is 0 Å². The zero-order valence-corrected chi connectivity index (χ0v) is 15.8. The molecule has 0 saturated heterocycles. The molecule has 28 heavy (non-hydrogen) atoms. The van der Waals surface area contributed by atoms with Crippen molar-refractivity contribution < 1.29 is 10.2 Å². The van der Waals surface area contributed by atoms with Gasteiger partial charge in [0.25, 0.3) is 0 Å². The highest BCUT2D eigenvalue weighted by Crippen LogP contribution is 2.22. The number of aryl methyl sites for hydroxylation is 4. The van der Waals surface area contributed by atoms with E-state index < -0.39 is 0 Å². The molecule has 0 aromatic heterocycles. The van der Waals surface area contributed by atoms with Crippen molar-refractivity contribution in [3.05, 3.63) is 107 Å². The summed E-state index contributed by atoms with van der Waals surface area (Å²) in [5, 5.41) is 21.7. The van der Waals surface area contributed by atoms with Crippen LogP contribution in [0.5, 0.6) is 11.5 Å². The molecule has 0 fully saturated rings. The van der Waals surface area contributed by atoms with Crippen LogP contribution in [0.25, 0.3) is 10.8 Å². The summed E-state index contributed by atoms with van der Waals surface area (Å²) in [6.07, 6.45) is 3.73. The summed E-state index contributed by atoms with van der Waals surface area (Å²) in [4.78, 5) is 0. The number of phenols is 2. The van der Waals surface area contributed by atoms with Gasteiger partial charge in [-0.1, -0.05) is 66.7 Å². The highest BCUT2D eigenvalue weighted by molar-refractivity contribution is 5.82. The van der Waals surface area contributed by atoms with Gasteiger partial charge in [0.1, 0.15) is 11.5 Å². The van der Waals surface area contributed by atoms with Crippen molar-refractivity contribution in [1.82, 2.24) is 0 Å². The summed E-state index contributed by atoms with van der Waals surface area (Å²) >= 11 is 0. The van der Waals surface area contributed by atoms with Gasteiger partial charge in [0.2, 0.25) is 0 Å². The summed E-state index contributed by atoms with van der Waals surface area (Å²) in [5.74, 6) is 0.220. The van der Waals surface area contributed by atoms with Gasteiger partial charge >= 0.3 is 0 Å². The van der Waals surface area contributed by atoms with Crippen molar-refractivity contribution in [1.29, 1.82) is 0 Å². The molecule has 2 nitrogen and oxygen atoms in total. The SMILES string of the molecule is Oc1cc(O)cc(CCc2ccc(CCc3ccc4ccccc4c3)cc2)c1. The van der Waals surface area contributed by atoms with Crippen LogP contribution in [-0.2, 0) is 25.7 Å². The minimum absolute atomic E-state index is 0.110. The molecule has 0 bridgehead atoms. The van der Waals surface area contributed by atoms with E-state index in [0.717, 1.165) is 31.2 Å². The second-order valence-electron chi connectivity index (χ2n) is 7.36. The molecule has 0 heterocycles. The zero-order valence-electron chi connectivity index (χ0n) is 15.8. The Labute approximate surface area is 165 Å². The summed E-state index contributed by atoms with van der Waals surface area (Å²) in [6.45, 7) is 0. The van der Waals surface area contributed by atoms with Gasteiger partial charge in [-0.15, -0.1) is 0 Å². The molecule has 2 N–H and O–H groups in total. The molecular formula is C26H24O2. The van der Waals surface area contributed by atoms with Crippen molar-refractivity contribution in [3.63, 3.8) is 0 Å². The second-order valence-corrected chi connectivity index (χ2v) is 7.36. The minimum atomic E-state index is 0.110. The van der Waals surface area contributed by atoms with E-state index in [1.165, 1.54) is 33.5 Å². The van der Waals surface area contributed by atoms with E-state index >= 15 is 0 Å². The number of rotatable bonds is 6. The Bertz CT molecular complexity index is 1060. The molecule has 0 aliphatic rings. The van der Waals surface area contributed by atoms with Gasteiger partial charge < -0.3 is 10.2 Å². The smallest absolute Gasteiger partial charge is 0.119 e. The average Bonchev–Trinajstić information content (AvgIpc) is 2.71. The monoisotopic (exact) mass is 368 g/mol. The largest absolute Gasteiger partial charge is 0.508 e. The van der Waals surface area contributed by atoms with Crippen LogP contribution in [0, 0.1) is 0 Å². The van der Waals surface area contributed by atoms with E-state index in [1.807, 2.05) is 0 Å². The quantitative estimate of drug-likeness (QED) is 0.450. The van der Waals surface area contributed by atoms with Gasteiger partial charge in [0.15, 0.2) is 0 Å². The maximum atomic E-state index is 9.58. The van der Waals surface area contributed by atoms with Crippen LogP contribution in [0.2, 0.25) is 0 Å². The van der Waals surface area contributed by atoms with Crippen LogP contribution in [0.4, 0.5) is 0 Å². The van der Waals surface area contributed by atoms with E-state index in [0.29, 0.717) is 0 Å². The Morgan fingerprint density at radius 2 is 0.929 bits per heavy atom. The maximum Gasteiger partial charge on any atom is 0.119 e. The van der Waals surface area contributed by atoms with Gasteiger partial charge in [-0.25, -0.2) is 0 Å².